The summed E-state index contributed by atoms with van der Waals surface area (Å²) < 4.78 is 22.9. The Bertz CT molecular complexity index is 799. The van der Waals surface area contributed by atoms with Gasteiger partial charge >= 0.3 is 0 Å². The molecule has 0 radical (unpaired) electrons. The van der Waals surface area contributed by atoms with Crippen molar-refractivity contribution >= 4 is 13.7 Å². The van der Waals surface area contributed by atoms with Crippen LogP contribution in [0.1, 0.15) is 149 Å². The molecule has 3 unspecified atom stereocenters. The summed E-state index contributed by atoms with van der Waals surface area (Å²) >= 11 is 0. The van der Waals surface area contributed by atoms with Gasteiger partial charge in [0.1, 0.15) is 13.2 Å². The van der Waals surface area contributed by atoms with Gasteiger partial charge in [0, 0.05) is 6.42 Å². The Morgan fingerprint density at radius 1 is 0.756 bits per heavy atom. The zero-order chi connectivity index (χ0) is 33.7. The maximum atomic E-state index is 12.7. The zero-order valence-corrected chi connectivity index (χ0v) is 30.7. The number of phosphoric ester groups is 1. The average molecular weight is 659 g/mol. The van der Waals surface area contributed by atoms with Crippen molar-refractivity contribution in [3.8, 4) is 0 Å². The highest BCUT2D eigenvalue weighted by molar-refractivity contribution is 7.45. The molecular formula is C36H71N2O6P. The number of hydrogen-bond acceptors (Lipinski definition) is 6. The fourth-order valence-electron chi connectivity index (χ4n) is 4.94. The first kappa shape index (κ1) is 44.0. The minimum Gasteiger partial charge on any atom is -0.756 e. The van der Waals surface area contributed by atoms with Crippen molar-refractivity contribution in [2.45, 2.75) is 161 Å². The van der Waals surface area contributed by atoms with Gasteiger partial charge in [-0.05, 0) is 25.7 Å². The lowest BCUT2D eigenvalue weighted by molar-refractivity contribution is -0.870. The number of nitrogens with zero attached hydrogens (tertiary/aromatic N) is 1. The van der Waals surface area contributed by atoms with E-state index >= 15 is 0 Å². The van der Waals surface area contributed by atoms with E-state index in [0.717, 1.165) is 44.9 Å². The normalized spacial score (nSPS) is 15.1. The van der Waals surface area contributed by atoms with E-state index in [2.05, 4.69) is 31.3 Å². The van der Waals surface area contributed by atoms with Crippen LogP contribution in [0.15, 0.2) is 24.3 Å². The van der Waals surface area contributed by atoms with Gasteiger partial charge in [0.15, 0.2) is 0 Å². The number of hydrogen-bond donors (Lipinski definition) is 2. The second kappa shape index (κ2) is 29.1. The number of aliphatic hydroxyl groups is 1. The minimum atomic E-state index is -4.57. The summed E-state index contributed by atoms with van der Waals surface area (Å²) in [6.07, 6.45) is 31.0. The average Bonchev–Trinajstić information content (AvgIpc) is 2.97. The predicted octanol–water partition coefficient (Wildman–Crippen LogP) is 8.38. The van der Waals surface area contributed by atoms with Crippen molar-refractivity contribution in [2.75, 3.05) is 40.9 Å². The smallest absolute Gasteiger partial charge is 0.268 e. The highest BCUT2D eigenvalue weighted by atomic mass is 31.2. The maximum absolute atomic E-state index is 12.7. The third kappa shape index (κ3) is 31.4. The minimum absolute atomic E-state index is 0.00539. The van der Waals surface area contributed by atoms with Crippen LogP contribution in [0.25, 0.3) is 0 Å². The van der Waals surface area contributed by atoms with Crippen LogP contribution in [0, 0.1) is 0 Å². The molecule has 0 aromatic heterocycles. The summed E-state index contributed by atoms with van der Waals surface area (Å²) in [5.74, 6) is -0.212. The summed E-state index contributed by atoms with van der Waals surface area (Å²) in [5, 5.41) is 13.5. The Kier molecular flexibility index (Phi) is 28.5. The highest BCUT2D eigenvalue weighted by Gasteiger charge is 2.23. The van der Waals surface area contributed by atoms with E-state index in [9.17, 15) is 19.4 Å². The molecule has 0 aliphatic heterocycles. The molecule has 0 rings (SSSR count). The number of allylic oxidation sites excluding steroid dienone is 3. The number of quaternary nitrogens is 1. The quantitative estimate of drug-likeness (QED) is 0.0325. The molecule has 9 heteroatoms. The third-order valence-electron chi connectivity index (χ3n) is 7.90. The molecule has 0 saturated heterocycles. The molecular weight excluding hydrogens is 587 g/mol. The third-order valence-corrected chi connectivity index (χ3v) is 8.86. The van der Waals surface area contributed by atoms with Crippen molar-refractivity contribution in [2.24, 2.45) is 0 Å². The number of likely N-dealkylation sites (N-methyl/N-ethyl adjacent to an activating group) is 1. The molecule has 266 valence electrons. The van der Waals surface area contributed by atoms with E-state index in [1.165, 1.54) is 83.5 Å². The summed E-state index contributed by atoms with van der Waals surface area (Å²) in [5.41, 5.74) is 0. The van der Waals surface area contributed by atoms with Gasteiger partial charge in [0.2, 0.25) is 5.91 Å². The fraction of sp³-hybridized carbons (Fsp3) is 0.861. The standard InChI is InChI=1S/C36H71N2O6P/c1-6-8-10-12-14-15-16-17-18-19-20-21-22-24-26-28-30-36(40)37-34(35(39)29-27-25-23-13-11-9-7-2)33-44-45(41,42)43-32-31-38(3,4)5/h11,13,27,29,34-35,39H,6-10,12,14-26,28,30-33H2,1-5H3,(H-,37,40,41,42)/b13-11+,29-27+. The molecule has 1 amide bonds. The number of aliphatic hydroxyl groups excluding tert-OH is 1. The zero-order valence-electron chi connectivity index (χ0n) is 29.8. The number of phosphoric acid groups is 1. The molecule has 0 aromatic carbocycles. The Morgan fingerprint density at radius 2 is 1.24 bits per heavy atom. The molecule has 0 saturated carbocycles. The van der Waals surface area contributed by atoms with Gasteiger partial charge in [-0.2, -0.15) is 0 Å². The van der Waals surface area contributed by atoms with Gasteiger partial charge in [-0.15, -0.1) is 0 Å². The van der Waals surface area contributed by atoms with Crippen molar-refractivity contribution in [3.05, 3.63) is 24.3 Å². The Labute approximate surface area is 277 Å². The highest BCUT2D eigenvalue weighted by Crippen LogP contribution is 2.38. The molecule has 2 N–H and O–H groups in total. The first-order valence-electron chi connectivity index (χ1n) is 18.2. The van der Waals surface area contributed by atoms with Crippen LogP contribution in [0.3, 0.4) is 0 Å². The van der Waals surface area contributed by atoms with Crippen LogP contribution in [0.4, 0.5) is 0 Å². The Balaban J connectivity index is 4.39. The van der Waals surface area contributed by atoms with Crippen LogP contribution < -0.4 is 10.2 Å². The lowest BCUT2D eigenvalue weighted by atomic mass is 10.0. The SMILES string of the molecule is CCC/C=C/CC/C=C/C(O)C(COP(=O)([O-])OCC[N+](C)(C)C)NC(=O)CCCCCCCCCCCCCCCCCC. The van der Waals surface area contributed by atoms with Gasteiger partial charge in [-0.25, -0.2) is 0 Å². The second-order valence-corrected chi connectivity index (χ2v) is 15.0. The number of amides is 1. The van der Waals surface area contributed by atoms with Crippen LogP contribution >= 0.6 is 7.82 Å². The second-order valence-electron chi connectivity index (χ2n) is 13.6. The molecule has 0 heterocycles. The summed E-state index contributed by atoms with van der Waals surface area (Å²) in [4.78, 5) is 25.0. The van der Waals surface area contributed by atoms with E-state index < -0.39 is 26.6 Å². The Morgan fingerprint density at radius 3 is 1.76 bits per heavy atom. The van der Waals surface area contributed by atoms with Crippen molar-refractivity contribution in [1.29, 1.82) is 0 Å². The molecule has 0 bridgehead atoms. The summed E-state index contributed by atoms with van der Waals surface area (Å²) in [7, 11) is 1.24. The molecule has 0 aromatic rings. The van der Waals surface area contributed by atoms with Gasteiger partial charge in [0.25, 0.3) is 7.82 Å². The molecule has 0 aliphatic carbocycles. The maximum Gasteiger partial charge on any atom is 0.268 e. The number of unbranched alkanes of at least 4 members (excludes halogenated alkanes) is 17. The van der Waals surface area contributed by atoms with E-state index in [-0.39, 0.29) is 12.5 Å². The predicted molar refractivity (Wildman–Crippen MR) is 187 cm³/mol. The summed E-state index contributed by atoms with van der Waals surface area (Å²) in [6, 6.07) is -0.894. The molecule has 8 nitrogen and oxygen atoms in total. The topological polar surface area (TPSA) is 108 Å². The fourth-order valence-corrected chi connectivity index (χ4v) is 5.66. The first-order chi connectivity index (χ1) is 21.5. The van der Waals surface area contributed by atoms with Crippen LogP contribution in [-0.4, -0.2) is 68.5 Å². The number of rotatable bonds is 32. The van der Waals surface area contributed by atoms with Gasteiger partial charge < -0.3 is 28.8 Å². The number of carbonyl (C=O) groups is 1. The largest absolute Gasteiger partial charge is 0.756 e. The first-order valence-corrected chi connectivity index (χ1v) is 19.7. The Hall–Kier alpha value is -1.02. The van der Waals surface area contributed by atoms with E-state index in [0.29, 0.717) is 17.4 Å². The number of nitrogens with one attached hydrogen (secondary N) is 1. The van der Waals surface area contributed by atoms with Crippen LogP contribution in [0.2, 0.25) is 0 Å². The van der Waals surface area contributed by atoms with Gasteiger partial charge in [-0.3, -0.25) is 9.36 Å². The monoisotopic (exact) mass is 659 g/mol. The lowest BCUT2D eigenvalue weighted by Crippen LogP contribution is -2.45. The molecule has 0 spiro atoms. The van der Waals surface area contributed by atoms with Crippen molar-refractivity contribution < 1.29 is 32.9 Å². The van der Waals surface area contributed by atoms with E-state index in [4.69, 9.17) is 9.05 Å². The van der Waals surface area contributed by atoms with Crippen LogP contribution in [0.5, 0.6) is 0 Å². The van der Waals surface area contributed by atoms with Crippen molar-refractivity contribution in [3.63, 3.8) is 0 Å². The van der Waals surface area contributed by atoms with E-state index in [1.807, 2.05) is 27.2 Å². The van der Waals surface area contributed by atoms with Crippen molar-refractivity contribution in [1.82, 2.24) is 5.32 Å². The number of carbonyl (C=O) groups excluding carboxylic acids is 1. The van der Waals surface area contributed by atoms with Gasteiger partial charge in [0.05, 0.1) is 39.9 Å². The molecule has 45 heavy (non-hydrogen) atoms. The molecule has 3 atom stereocenters. The molecule has 0 aliphatic rings. The van der Waals surface area contributed by atoms with E-state index in [1.54, 1.807) is 6.08 Å². The lowest BCUT2D eigenvalue weighted by Gasteiger charge is -2.29. The summed E-state index contributed by atoms with van der Waals surface area (Å²) in [6.45, 7) is 4.49. The molecule has 0 fully saturated rings. The van der Waals surface area contributed by atoms with Gasteiger partial charge in [-0.1, -0.05) is 141 Å². The van der Waals surface area contributed by atoms with Crippen LogP contribution in [-0.2, 0) is 18.4 Å².